The second-order valence-electron chi connectivity index (χ2n) is 5.05. The van der Waals surface area contributed by atoms with Gasteiger partial charge in [0, 0.05) is 26.3 Å². The van der Waals surface area contributed by atoms with Gasteiger partial charge in [0.25, 0.3) is 0 Å². The minimum Gasteiger partial charge on any atom is -0.347 e. The number of H-pyrrole nitrogens is 1. The van der Waals surface area contributed by atoms with Crippen molar-refractivity contribution in [3.05, 3.63) is 17.0 Å². The van der Waals surface area contributed by atoms with Crippen LogP contribution in [0.1, 0.15) is 23.9 Å². The normalized spacial score (nSPS) is 12.8. The number of aryl methyl sites for hydroxylation is 2. The molecule has 1 heterocycles. The van der Waals surface area contributed by atoms with Gasteiger partial charge in [-0.25, -0.2) is 0 Å². The Morgan fingerprint density at radius 3 is 2.39 bits per heavy atom. The van der Waals surface area contributed by atoms with Gasteiger partial charge in [0.05, 0.1) is 11.7 Å². The van der Waals surface area contributed by atoms with E-state index in [0.29, 0.717) is 0 Å². The molecule has 1 N–H and O–H groups in total. The first-order chi connectivity index (χ1) is 8.34. The quantitative estimate of drug-likeness (QED) is 0.850. The molecule has 0 fully saturated rings. The van der Waals surface area contributed by atoms with Crippen LogP contribution in [0, 0.1) is 13.8 Å². The first-order valence-electron chi connectivity index (χ1n) is 6.26. The molecule has 1 amide bonds. The number of carbonyl (C=O) groups excluding carboxylic acids is 1. The number of amides is 1. The molecule has 5 nitrogen and oxygen atoms in total. The van der Waals surface area contributed by atoms with E-state index in [1.54, 1.807) is 19.0 Å². The lowest BCUT2D eigenvalue weighted by atomic mass is 10.1. The second kappa shape index (κ2) is 6.00. The Labute approximate surface area is 109 Å². The van der Waals surface area contributed by atoms with Gasteiger partial charge in [-0.05, 0) is 39.8 Å². The number of hydrogen-bond acceptors (Lipinski definition) is 3. The summed E-state index contributed by atoms with van der Waals surface area (Å²) < 4.78 is 0. The number of rotatable bonds is 5. The van der Waals surface area contributed by atoms with Crippen LogP contribution >= 0.6 is 0 Å². The Morgan fingerprint density at radius 2 is 1.94 bits per heavy atom. The van der Waals surface area contributed by atoms with Crippen LogP contribution in [-0.4, -0.2) is 59.6 Å². The van der Waals surface area contributed by atoms with Crippen molar-refractivity contribution in [3.8, 4) is 0 Å². The highest BCUT2D eigenvalue weighted by atomic mass is 16.2. The van der Waals surface area contributed by atoms with Crippen LogP contribution in [0.3, 0.4) is 0 Å². The fourth-order valence-corrected chi connectivity index (χ4v) is 1.99. The van der Waals surface area contributed by atoms with Crippen molar-refractivity contribution in [3.63, 3.8) is 0 Å². The smallest absolute Gasteiger partial charge is 0.239 e. The van der Waals surface area contributed by atoms with E-state index in [-0.39, 0.29) is 11.9 Å². The molecule has 0 aliphatic rings. The summed E-state index contributed by atoms with van der Waals surface area (Å²) in [4.78, 5) is 15.6. The minimum atomic E-state index is -0.0903. The first kappa shape index (κ1) is 14.7. The highest BCUT2D eigenvalue weighted by Crippen LogP contribution is 2.11. The third kappa shape index (κ3) is 3.32. The number of aromatic nitrogens is 2. The number of nitrogens with one attached hydrogen (secondary N) is 1. The van der Waals surface area contributed by atoms with E-state index in [4.69, 9.17) is 0 Å². The summed E-state index contributed by atoms with van der Waals surface area (Å²) in [6.07, 6.45) is 0.912. The van der Waals surface area contributed by atoms with Crippen LogP contribution in [0.25, 0.3) is 0 Å². The Hall–Kier alpha value is -1.36. The third-order valence-electron chi connectivity index (χ3n) is 3.45. The zero-order valence-electron chi connectivity index (χ0n) is 12.2. The fourth-order valence-electron chi connectivity index (χ4n) is 1.99. The highest BCUT2D eigenvalue weighted by Gasteiger charge is 2.19. The molecule has 1 unspecified atom stereocenters. The maximum atomic E-state index is 11.8. The first-order valence-corrected chi connectivity index (χ1v) is 6.26. The molecule has 0 saturated heterocycles. The molecule has 0 bridgehead atoms. The van der Waals surface area contributed by atoms with Crippen molar-refractivity contribution in [2.75, 3.05) is 27.7 Å². The minimum absolute atomic E-state index is 0.0903. The summed E-state index contributed by atoms with van der Waals surface area (Å²) in [6, 6.07) is -0.0903. The van der Waals surface area contributed by atoms with Gasteiger partial charge in [0.15, 0.2) is 0 Å². The van der Waals surface area contributed by atoms with Gasteiger partial charge in [-0.3, -0.25) is 14.8 Å². The molecule has 1 aromatic heterocycles. The predicted molar refractivity (Wildman–Crippen MR) is 72.6 cm³/mol. The Morgan fingerprint density at radius 1 is 1.33 bits per heavy atom. The standard InChI is InChI=1S/C13H24N4O/c1-9-12(10(2)15-14-9)7-8-17(6)11(3)13(18)16(4)5/h11H,7-8H2,1-6H3,(H,14,15). The van der Waals surface area contributed by atoms with E-state index in [0.717, 1.165) is 24.4 Å². The number of hydrogen-bond donors (Lipinski definition) is 1. The van der Waals surface area contributed by atoms with Gasteiger partial charge >= 0.3 is 0 Å². The van der Waals surface area contributed by atoms with Gasteiger partial charge in [-0.2, -0.15) is 5.10 Å². The van der Waals surface area contributed by atoms with E-state index >= 15 is 0 Å². The van der Waals surface area contributed by atoms with Crippen molar-refractivity contribution in [2.45, 2.75) is 33.2 Å². The van der Waals surface area contributed by atoms with E-state index in [9.17, 15) is 4.79 Å². The number of nitrogens with zero attached hydrogens (tertiary/aromatic N) is 3. The van der Waals surface area contributed by atoms with Crippen LogP contribution in [0.5, 0.6) is 0 Å². The molecular formula is C13H24N4O. The van der Waals surface area contributed by atoms with Gasteiger partial charge in [0.1, 0.15) is 0 Å². The maximum Gasteiger partial charge on any atom is 0.239 e. The number of likely N-dealkylation sites (N-methyl/N-ethyl adjacent to an activating group) is 2. The summed E-state index contributed by atoms with van der Waals surface area (Å²) in [5.74, 6) is 0.137. The Kier molecular flexibility index (Phi) is 4.90. The monoisotopic (exact) mass is 252 g/mol. The molecule has 1 atom stereocenters. The number of aromatic amines is 1. The Balaban J connectivity index is 2.56. The molecular weight excluding hydrogens is 228 g/mol. The molecule has 102 valence electrons. The van der Waals surface area contributed by atoms with Gasteiger partial charge in [-0.1, -0.05) is 0 Å². The van der Waals surface area contributed by atoms with Crippen molar-refractivity contribution >= 4 is 5.91 Å². The summed E-state index contributed by atoms with van der Waals surface area (Å²) in [7, 11) is 5.56. The van der Waals surface area contributed by atoms with E-state index in [2.05, 4.69) is 15.1 Å². The lowest BCUT2D eigenvalue weighted by Crippen LogP contribution is -2.43. The van der Waals surface area contributed by atoms with E-state index in [1.165, 1.54) is 5.56 Å². The van der Waals surface area contributed by atoms with Crippen LogP contribution in [0.15, 0.2) is 0 Å². The van der Waals surface area contributed by atoms with Gasteiger partial charge in [0.2, 0.25) is 5.91 Å². The lowest BCUT2D eigenvalue weighted by Gasteiger charge is -2.26. The van der Waals surface area contributed by atoms with Crippen molar-refractivity contribution in [2.24, 2.45) is 0 Å². The highest BCUT2D eigenvalue weighted by molar-refractivity contribution is 5.80. The molecule has 5 heteroatoms. The lowest BCUT2D eigenvalue weighted by molar-refractivity contribution is -0.133. The summed E-state index contributed by atoms with van der Waals surface area (Å²) >= 11 is 0. The van der Waals surface area contributed by atoms with Gasteiger partial charge < -0.3 is 4.90 Å². The Bertz CT molecular complexity index is 392. The average Bonchev–Trinajstić information content (AvgIpc) is 2.64. The van der Waals surface area contributed by atoms with E-state index in [1.807, 2.05) is 27.8 Å². The largest absolute Gasteiger partial charge is 0.347 e. The molecule has 1 rings (SSSR count). The van der Waals surface area contributed by atoms with Crippen molar-refractivity contribution < 1.29 is 4.79 Å². The molecule has 0 spiro atoms. The average molecular weight is 252 g/mol. The third-order valence-corrected chi connectivity index (χ3v) is 3.45. The molecule has 0 aromatic carbocycles. The number of carbonyl (C=O) groups is 1. The van der Waals surface area contributed by atoms with Crippen LogP contribution in [0.2, 0.25) is 0 Å². The summed E-state index contributed by atoms with van der Waals surface area (Å²) in [5.41, 5.74) is 3.42. The zero-order chi connectivity index (χ0) is 13.9. The zero-order valence-corrected chi connectivity index (χ0v) is 12.2. The topological polar surface area (TPSA) is 52.2 Å². The van der Waals surface area contributed by atoms with Crippen LogP contribution in [-0.2, 0) is 11.2 Å². The van der Waals surface area contributed by atoms with E-state index < -0.39 is 0 Å². The molecule has 0 aliphatic carbocycles. The maximum absolute atomic E-state index is 11.8. The summed E-state index contributed by atoms with van der Waals surface area (Å²) in [5, 5.41) is 7.17. The molecule has 18 heavy (non-hydrogen) atoms. The van der Waals surface area contributed by atoms with Crippen LogP contribution in [0.4, 0.5) is 0 Å². The van der Waals surface area contributed by atoms with Crippen molar-refractivity contribution in [1.82, 2.24) is 20.0 Å². The van der Waals surface area contributed by atoms with Crippen molar-refractivity contribution in [1.29, 1.82) is 0 Å². The molecule has 1 aromatic rings. The predicted octanol–water partition coefficient (Wildman–Crippen LogP) is 0.978. The molecule has 0 aliphatic heterocycles. The fraction of sp³-hybridized carbons (Fsp3) is 0.692. The SMILES string of the molecule is Cc1n[nH]c(C)c1CCN(C)C(C)C(=O)N(C)C. The molecule has 0 saturated carbocycles. The van der Waals surface area contributed by atoms with Gasteiger partial charge in [-0.15, -0.1) is 0 Å². The molecule has 0 radical (unpaired) electrons. The summed E-state index contributed by atoms with van der Waals surface area (Å²) in [6.45, 7) is 6.83. The second-order valence-corrected chi connectivity index (χ2v) is 5.05. The van der Waals surface area contributed by atoms with Crippen LogP contribution < -0.4 is 0 Å².